The predicted molar refractivity (Wildman–Crippen MR) is 104 cm³/mol. The summed E-state index contributed by atoms with van der Waals surface area (Å²) < 4.78 is 5.40. The van der Waals surface area contributed by atoms with Crippen molar-refractivity contribution in [2.24, 2.45) is 0 Å². The minimum atomic E-state index is -0.0361. The molecule has 2 aromatic heterocycles. The van der Waals surface area contributed by atoms with Crippen LogP contribution >= 0.6 is 11.3 Å². The van der Waals surface area contributed by atoms with E-state index in [-0.39, 0.29) is 6.03 Å². The van der Waals surface area contributed by atoms with Crippen molar-refractivity contribution in [3.63, 3.8) is 0 Å². The lowest BCUT2D eigenvalue weighted by molar-refractivity contribution is 0.137. The third-order valence-electron chi connectivity index (χ3n) is 4.54. The summed E-state index contributed by atoms with van der Waals surface area (Å²) in [4.78, 5) is 17.9. The van der Waals surface area contributed by atoms with Gasteiger partial charge in [0.1, 0.15) is 5.76 Å². The summed E-state index contributed by atoms with van der Waals surface area (Å²) in [6.45, 7) is 3.94. The van der Waals surface area contributed by atoms with Gasteiger partial charge in [-0.3, -0.25) is 4.90 Å². The summed E-state index contributed by atoms with van der Waals surface area (Å²) in [5.41, 5.74) is 1.96. The molecule has 0 radical (unpaired) electrons. The first-order valence-electron chi connectivity index (χ1n) is 8.72. The molecule has 1 aliphatic heterocycles. The largest absolute Gasteiger partial charge is 0.468 e. The topological polar surface area (TPSA) is 48.7 Å². The molecule has 0 saturated carbocycles. The van der Waals surface area contributed by atoms with Gasteiger partial charge in [-0.1, -0.05) is 18.2 Å². The lowest BCUT2D eigenvalue weighted by Crippen LogP contribution is -2.49. The maximum atomic E-state index is 12.6. The number of anilines is 1. The summed E-state index contributed by atoms with van der Waals surface area (Å²) in [5.74, 6) is 0.966. The Bertz CT molecular complexity index is 838. The summed E-state index contributed by atoms with van der Waals surface area (Å²) in [6.07, 6.45) is 1.70. The van der Waals surface area contributed by atoms with Crippen LogP contribution in [0.3, 0.4) is 0 Å². The molecule has 26 heavy (non-hydrogen) atoms. The summed E-state index contributed by atoms with van der Waals surface area (Å²) >= 11 is 1.70. The third-order valence-corrected chi connectivity index (χ3v) is 5.46. The van der Waals surface area contributed by atoms with Crippen LogP contribution in [0, 0.1) is 0 Å². The van der Waals surface area contributed by atoms with Crippen LogP contribution < -0.4 is 5.32 Å². The average Bonchev–Trinajstić information content (AvgIpc) is 3.37. The van der Waals surface area contributed by atoms with Crippen LogP contribution in [0.25, 0.3) is 10.4 Å². The van der Waals surface area contributed by atoms with E-state index < -0.39 is 0 Å². The Labute approximate surface area is 156 Å². The molecule has 0 spiro atoms. The maximum Gasteiger partial charge on any atom is 0.321 e. The smallest absolute Gasteiger partial charge is 0.321 e. The molecule has 3 aromatic rings. The van der Waals surface area contributed by atoms with Crippen molar-refractivity contribution >= 4 is 23.1 Å². The number of thiophene rings is 1. The fourth-order valence-corrected chi connectivity index (χ4v) is 3.85. The van der Waals surface area contributed by atoms with Gasteiger partial charge in [0.25, 0.3) is 0 Å². The lowest BCUT2D eigenvalue weighted by Gasteiger charge is -2.34. The van der Waals surface area contributed by atoms with E-state index in [9.17, 15) is 4.79 Å². The van der Waals surface area contributed by atoms with Gasteiger partial charge < -0.3 is 14.6 Å². The zero-order valence-electron chi connectivity index (χ0n) is 14.4. The van der Waals surface area contributed by atoms with Gasteiger partial charge in [0.2, 0.25) is 0 Å². The number of hydrogen-bond acceptors (Lipinski definition) is 4. The second-order valence-electron chi connectivity index (χ2n) is 6.33. The number of amides is 2. The van der Waals surface area contributed by atoms with E-state index in [0.29, 0.717) is 0 Å². The van der Waals surface area contributed by atoms with Crippen LogP contribution in [-0.2, 0) is 6.54 Å². The van der Waals surface area contributed by atoms with Crippen molar-refractivity contribution in [1.29, 1.82) is 0 Å². The molecular weight excluding hydrogens is 346 g/mol. The van der Waals surface area contributed by atoms with E-state index in [2.05, 4.69) is 27.7 Å². The normalized spacial score (nSPS) is 15.2. The van der Waals surface area contributed by atoms with Gasteiger partial charge >= 0.3 is 6.03 Å². The molecule has 4 rings (SSSR count). The highest BCUT2D eigenvalue weighted by molar-refractivity contribution is 7.13. The SMILES string of the molecule is O=C(Nc1cccc(-c2cccs2)c1)N1CCN(Cc2ccco2)CC1. The maximum absolute atomic E-state index is 12.6. The Morgan fingerprint density at radius 2 is 1.96 bits per heavy atom. The highest BCUT2D eigenvalue weighted by atomic mass is 32.1. The van der Waals surface area contributed by atoms with Crippen molar-refractivity contribution in [1.82, 2.24) is 9.80 Å². The first-order valence-corrected chi connectivity index (χ1v) is 9.60. The second kappa shape index (κ2) is 7.76. The third kappa shape index (κ3) is 3.98. The molecule has 2 amide bonds. The van der Waals surface area contributed by atoms with E-state index in [0.717, 1.165) is 49.7 Å². The van der Waals surface area contributed by atoms with E-state index in [1.165, 1.54) is 4.88 Å². The van der Waals surface area contributed by atoms with Gasteiger partial charge in [-0.05, 0) is 41.3 Å². The zero-order valence-corrected chi connectivity index (χ0v) is 15.2. The van der Waals surface area contributed by atoms with E-state index in [1.807, 2.05) is 41.3 Å². The van der Waals surface area contributed by atoms with Gasteiger partial charge in [-0.25, -0.2) is 4.79 Å². The minimum absolute atomic E-state index is 0.0361. The molecule has 5 nitrogen and oxygen atoms in total. The minimum Gasteiger partial charge on any atom is -0.468 e. The van der Waals surface area contributed by atoms with Crippen molar-refractivity contribution in [3.05, 3.63) is 65.9 Å². The first-order chi connectivity index (χ1) is 12.8. The Kier molecular flexibility index (Phi) is 5.04. The van der Waals surface area contributed by atoms with Gasteiger partial charge in [0.15, 0.2) is 0 Å². The summed E-state index contributed by atoms with van der Waals surface area (Å²) in [7, 11) is 0. The number of hydrogen-bond donors (Lipinski definition) is 1. The van der Waals surface area contributed by atoms with Crippen molar-refractivity contribution < 1.29 is 9.21 Å². The monoisotopic (exact) mass is 367 g/mol. The van der Waals surface area contributed by atoms with Crippen LogP contribution in [0.4, 0.5) is 10.5 Å². The van der Waals surface area contributed by atoms with Gasteiger partial charge in [-0.15, -0.1) is 11.3 Å². The fraction of sp³-hybridized carbons (Fsp3) is 0.250. The zero-order chi connectivity index (χ0) is 17.8. The molecule has 1 aliphatic rings. The number of rotatable bonds is 4. The number of furan rings is 1. The molecule has 1 saturated heterocycles. The Morgan fingerprint density at radius 1 is 1.08 bits per heavy atom. The Hall–Kier alpha value is -2.57. The van der Waals surface area contributed by atoms with Gasteiger partial charge in [0, 0.05) is 36.7 Å². The van der Waals surface area contributed by atoms with E-state index >= 15 is 0 Å². The molecule has 1 aromatic carbocycles. The molecule has 1 N–H and O–H groups in total. The molecule has 134 valence electrons. The summed E-state index contributed by atoms with van der Waals surface area (Å²) in [5, 5.41) is 5.09. The molecule has 0 aliphatic carbocycles. The van der Waals surface area contributed by atoms with Crippen LogP contribution in [-0.4, -0.2) is 42.0 Å². The Balaban J connectivity index is 1.32. The standard InChI is InChI=1S/C20H21N3O2S/c24-20(21-17-5-1-4-16(14-17)19-7-3-13-26-19)23-10-8-22(9-11-23)15-18-6-2-12-25-18/h1-7,12-14H,8-11,15H2,(H,21,24). The quantitative estimate of drug-likeness (QED) is 0.745. The van der Waals surface area contributed by atoms with Crippen molar-refractivity contribution in [3.8, 4) is 10.4 Å². The molecule has 0 unspecified atom stereocenters. The fourth-order valence-electron chi connectivity index (χ4n) is 3.13. The predicted octanol–water partition coefficient (Wildman–Crippen LogP) is 4.36. The molecular formula is C20H21N3O2S. The number of nitrogens with one attached hydrogen (secondary N) is 1. The number of urea groups is 1. The number of benzene rings is 1. The molecule has 0 atom stereocenters. The Morgan fingerprint density at radius 3 is 2.69 bits per heavy atom. The molecule has 1 fully saturated rings. The number of piperazine rings is 1. The van der Waals surface area contributed by atoms with Gasteiger partial charge in [-0.2, -0.15) is 0 Å². The highest BCUT2D eigenvalue weighted by Crippen LogP contribution is 2.26. The van der Waals surface area contributed by atoms with Crippen molar-refractivity contribution in [2.45, 2.75) is 6.54 Å². The average molecular weight is 367 g/mol. The number of carbonyl (C=O) groups is 1. The lowest BCUT2D eigenvalue weighted by atomic mass is 10.1. The molecule has 6 heteroatoms. The number of nitrogens with zero attached hydrogens (tertiary/aromatic N) is 2. The first kappa shape index (κ1) is 16.9. The van der Waals surface area contributed by atoms with Crippen LogP contribution in [0.1, 0.15) is 5.76 Å². The van der Waals surface area contributed by atoms with Crippen LogP contribution in [0.15, 0.2) is 64.6 Å². The van der Waals surface area contributed by atoms with Crippen LogP contribution in [0.2, 0.25) is 0 Å². The van der Waals surface area contributed by atoms with E-state index in [1.54, 1.807) is 17.6 Å². The second-order valence-corrected chi connectivity index (χ2v) is 7.28. The summed E-state index contributed by atoms with van der Waals surface area (Å²) in [6, 6.07) is 16.0. The molecule has 3 heterocycles. The number of carbonyl (C=O) groups excluding carboxylic acids is 1. The van der Waals surface area contributed by atoms with E-state index in [4.69, 9.17) is 4.42 Å². The van der Waals surface area contributed by atoms with Crippen molar-refractivity contribution in [2.75, 3.05) is 31.5 Å². The highest BCUT2D eigenvalue weighted by Gasteiger charge is 2.21. The molecule has 0 bridgehead atoms. The van der Waals surface area contributed by atoms with Crippen LogP contribution in [0.5, 0.6) is 0 Å². The van der Waals surface area contributed by atoms with Gasteiger partial charge in [0.05, 0.1) is 12.8 Å².